The van der Waals surface area contributed by atoms with Crippen LogP contribution in [0, 0.1) is 0 Å². The molecule has 4 aromatic carbocycles. The predicted molar refractivity (Wildman–Crippen MR) is 102 cm³/mol. The Morgan fingerprint density at radius 3 is 2.13 bits per heavy atom. The van der Waals surface area contributed by atoms with Crippen molar-refractivity contribution in [3.8, 4) is 11.1 Å². The minimum atomic E-state index is 1.28. The molecular formula is C22H14S. The van der Waals surface area contributed by atoms with E-state index in [0.29, 0.717) is 0 Å². The van der Waals surface area contributed by atoms with Gasteiger partial charge in [-0.3, -0.25) is 0 Å². The summed E-state index contributed by atoms with van der Waals surface area (Å²) in [7, 11) is 0. The van der Waals surface area contributed by atoms with Gasteiger partial charge in [0, 0.05) is 20.2 Å². The number of benzene rings is 4. The third-order valence-corrected chi connectivity index (χ3v) is 5.61. The van der Waals surface area contributed by atoms with Crippen molar-refractivity contribution in [1.82, 2.24) is 0 Å². The average Bonchev–Trinajstić information content (AvgIpc) is 2.99. The quantitative estimate of drug-likeness (QED) is 0.317. The standard InChI is InChI=1S/C22H14S/c1-2-6-16-13-17(10-9-15(16)5-1)18-11-12-22-20(14-18)19-7-3-4-8-21(19)23-22/h1-14H. The van der Waals surface area contributed by atoms with E-state index in [0.717, 1.165) is 0 Å². The van der Waals surface area contributed by atoms with Crippen molar-refractivity contribution in [2.24, 2.45) is 0 Å². The van der Waals surface area contributed by atoms with Crippen LogP contribution in [0.15, 0.2) is 84.9 Å². The van der Waals surface area contributed by atoms with Gasteiger partial charge in [0.25, 0.3) is 0 Å². The van der Waals surface area contributed by atoms with Crippen LogP contribution in [0.25, 0.3) is 42.1 Å². The van der Waals surface area contributed by atoms with Gasteiger partial charge < -0.3 is 0 Å². The highest BCUT2D eigenvalue weighted by Crippen LogP contribution is 2.36. The van der Waals surface area contributed by atoms with Crippen molar-refractivity contribution in [2.45, 2.75) is 0 Å². The molecule has 0 fully saturated rings. The third-order valence-electron chi connectivity index (χ3n) is 4.46. The van der Waals surface area contributed by atoms with E-state index in [1.165, 1.54) is 42.1 Å². The largest absolute Gasteiger partial charge is 0.135 e. The van der Waals surface area contributed by atoms with Crippen LogP contribution in [0.1, 0.15) is 0 Å². The molecule has 0 atom stereocenters. The number of fused-ring (bicyclic) bond motifs is 4. The van der Waals surface area contributed by atoms with E-state index in [1.807, 2.05) is 11.3 Å². The molecule has 108 valence electrons. The molecule has 0 spiro atoms. The van der Waals surface area contributed by atoms with Crippen LogP contribution in [0.4, 0.5) is 0 Å². The Bertz CT molecular complexity index is 1160. The molecule has 1 aromatic heterocycles. The van der Waals surface area contributed by atoms with E-state index >= 15 is 0 Å². The van der Waals surface area contributed by atoms with Crippen LogP contribution >= 0.6 is 11.3 Å². The van der Waals surface area contributed by atoms with Crippen LogP contribution in [-0.4, -0.2) is 0 Å². The second-order valence-corrected chi connectivity index (χ2v) is 6.95. The molecule has 23 heavy (non-hydrogen) atoms. The molecule has 0 saturated heterocycles. The third kappa shape index (κ3) is 2.05. The van der Waals surface area contributed by atoms with Crippen LogP contribution in [-0.2, 0) is 0 Å². The Morgan fingerprint density at radius 2 is 1.17 bits per heavy atom. The molecule has 0 saturated carbocycles. The Balaban J connectivity index is 1.76. The second-order valence-electron chi connectivity index (χ2n) is 5.87. The van der Waals surface area contributed by atoms with Gasteiger partial charge >= 0.3 is 0 Å². The Kier molecular flexibility index (Phi) is 2.76. The summed E-state index contributed by atoms with van der Waals surface area (Å²) in [4.78, 5) is 0. The van der Waals surface area contributed by atoms with Crippen LogP contribution in [0.3, 0.4) is 0 Å². The lowest BCUT2D eigenvalue weighted by molar-refractivity contribution is 1.69. The normalized spacial score (nSPS) is 11.5. The van der Waals surface area contributed by atoms with E-state index in [2.05, 4.69) is 84.9 Å². The van der Waals surface area contributed by atoms with E-state index in [-0.39, 0.29) is 0 Å². The fourth-order valence-electron chi connectivity index (χ4n) is 3.27. The average molecular weight is 310 g/mol. The summed E-state index contributed by atoms with van der Waals surface area (Å²) in [5, 5.41) is 5.30. The molecule has 1 heterocycles. The van der Waals surface area contributed by atoms with E-state index < -0.39 is 0 Å². The molecule has 5 rings (SSSR count). The van der Waals surface area contributed by atoms with Gasteiger partial charge in [0.15, 0.2) is 0 Å². The maximum absolute atomic E-state index is 2.33. The zero-order valence-electron chi connectivity index (χ0n) is 12.5. The van der Waals surface area contributed by atoms with Gasteiger partial charge in [0.2, 0.25) is 0 Å². The highest BCUT2D eigenvalue weighted by molar-refractivity contribution is 7.25. The molecule has 0 aliphatic carbocycles. The Morgan fingerprint density at radius 1 is 0.478 bits per heavy atom. The van der Waals surface area contributed by atoms with Gasteiger partial charge in [-0.25, -0.2) is 0 Å². The zero-order valence-corrected chi connectivity index (χ0v) is 13.3. The first-order valence-corrected chi connectivity index (χ1v) is 8.61. The lowest BCUT2D eigenvalue weighted by atomic mass is 10.00. The highest BCUT2D eigenvalue weighted by atomic mass is 32.1. The molecule has 0 amide bonds. The molecule has 1 heteroatoms. The van der Waals surface area contributed by atoms with Crippen molar-refractivity contribution in [3.05, 3.63) is 84.9 Å². The van der Waals surface area contributed by atoms with Crippen molar-refractivity contribution in [3.63, 3.8) is 0 Å². The fraction of sp³-hybridized carbons (Fsp3) is 0. The molecule has 5 aromatic rings. The minimum absolute atomic E-state index is 1.28. The molecule has 0 aliphatic rings. The predicted octanol–water partition coefficient (Wildman–Crippen LogP) is 6.87. The second kappa shape index (κ2) is 4.94. The smallest absolute Gasteiger partial charge is 0.0355 e. The maximum Gasteiger partial charge on any atom is 0.0355 e. The fourth-order valence-corrected chi connectivity index (χ4v) is 4.36. The van der Waals surface area contributed by atoms with Crippen molar-refractivity contribution in [2.75, 3.05) is 0 Å². The number of hydrogen-bond acceptors (Lipinski definition) is 1. The van der Waals surface area contributed by atoms with Gasteiger partial charge in [-0.05, 0) is 46.2 Å². The molecule has 0 nitrogen and oxygen atoms in total. The maximum atomic E-state index is 2.33. The van der Waals surface area contributed by atoms with Crippen LogP contribution < -0.4 is 0 Å². The van der Waals surface area contributed by atoms with Crippen molar-refractivity contribution >= 4 is 42.3 Å². The Hall–Kier alpha value is -2.64. The summed E-state index contributed by atoms with van der Waals surface area (Å²) in [5.74, 6) is 0. The summed E-state index contributed by atoms with van der Waals surface area (Å²) in [6.07, 6.45) is 0. The van der Waals surface area contributed by atoms with E-state index in [9.17, 15) is 0 Å². The zero-order chi connectivity index (χ0) is 15.2. The van der Waals surface area contributed by atoms with Crippen molar-refractivity contribution < 1.29 is 0 Å². The summed E-state index contributed by atoms with van der Waals surface area (Å²) >= 11 is 1.87. The van der Waals surface area contributed by atoms with Gasteiger partial charge in [0.05, 0.1) is 0 Å². The SMILES string of the molecule is c1ccc2cc(-c3ccc4sc5ccccc5c4c3)ccc2c1. The number of hydrogen-bond donors (Lipinski definition) is 0. The summed E-state index contributed by atoms with van der Waals surface area (Å²) in [6.45, 7) is 0. The summed E-state index contributed by atoms with van der Waals surface area (Å²) in [6, 6.07) is 30.7. The monoisotopic (exact) mass is 310 g/mol. The first-order chi connectivity index (χ1) is 11.4. The minimum Gasteiger partial charge on any atom is -0.135 e. The first-order valence-electron chi connectivity index (χ1n) is 7.79. The Labute approximate surface area is 138 Å². The molecule has 0 aliphatic heterocycles. The highest BCUT2D eigenvalue weighted by Gasteiger charge is 2.06. The molecular weight excluding hydrogens is 296 g/mol. The topological polar surface area (TPSA) is 0 Å². The molecule has 0 N–H and O–H groups in total. The van der Waals surface area contributed by atoms with Crippen LogP contribution in [0.2, 0.25) is 0 Å². The van der Waals surface area contributed by atoms with Gasteiger partial charge in [-0.1, -0.05) is 60.7 Å². The summed E-state index contributed by atoms with van der Waals surface area (Å²) < 4.78 is 2.72. The van der Waals surface area contributed by atoms with Gasteiger partial charge in [0.1, 0.15) is 0 Å². The van der Waals surface area contributed by atoms with E-state index in [4.69, 9.17) is 0 Å². The van der Waals surface area contributed by atoms with Crippen LogP contribution in [0.5, 0.6) is 0 Å². The molecule has 0 bridgehead atoms. The molecule has 0 radical (unpaired) electrons. The number of rotatable bonds is 1. The number of thiophene rings is 1. The summed E-state index contributed by atoms with van der Waals surface area (Å²) in [5.41, 5.74) is 2.56. The lowest BCUT2D eigenvalue weighted by Crippen LogP contribution is -1.79. The van der Waals surface area contributed by atoms with E-state index in [1.54, 1.807) is 0 Å². The first kappa shape index (κ1) is 12.9. The van der Waals surface area contributed by atoms with Gasteiger partial charge in [-0.2, -0.15) is 0 Å². The molecule has 0 unspecified atom stereocenters. The lowest BCUT2D eigenvalue weighted by Gasteiger charge is -2.05. The van der Waals surface area contributed by atoms with Gasteiger partial charge in [-0.15, -0.1) is 11.3 Å². The van der Waals surface area contributed by atoms with Crippen molar-refractivity contribution in [1.29, 1.82) is 0 Å².